The van der Waals surface area contributed by atoms with Gasteiger partial charge in [0.15, 0.2) is 12.2 Å². The molecule has 0 aliphatic rings. The molecule has 0 radical (unpaired) electrons. The number of carbonyl (C=O) groups excluding carboxylic acids is 4. The van der Waals surface area contributed by atoms with E-state index in [9.17, 15) is 43.2 Å². The largest absolute Gasteiger partial charge is 0.472 e. The van der Waals surface area contributed by atoms with Crippen LogP contribution in [0, 0.1) is 0 Å². The molecule has 0 aromatic heterocycles. The van der Waals surface area contributed by atoms with E-state index in [1.165, 1.54) is 205 Å². The number of aliphatic hydroxyl groups excluding tert-OH is 1. The van der Waals surface area contributed by atoms with E-state index in [4.69, 9.17) is 37.0 Å². The van der Waals surface area contributed by atoms with Gasteiger partial charge in [-0.1, -0.05) is 336 Å². The predicted octanol–water partition coefficient (Wildman–Crippen LogP) is 21.4. The first-order valence-corrected chi connectivity index (χ1v) is 41.3. The highest BCUT2D eigenvalue weighted by atomic mass is 31.2. The lowest BCUT2D eigenvalue weighted by molar-refractivity contribution is -0.161. The van der Waals surface area contributed by atoms with E-state index in [1.807, 2.05) is 0 Å². The van der Waals surface area contributed by atoms with Crippen LogP contribution < -0.4 is 0 Å². The number of aliphatic hydroxyl groups is 1. The molecule has 546 valence electrons. The van der Waals surface area contributed by atoms with E-state index in [2.05, 4.69) is 27.7 Å². The second kappa shape index (κ2) is 67.6. The zero-order valence-corrected chi connectivity index (χ0v) is 61.3. The summed E-state index contributed by atoms with van der Waals surface area (Å²) >= 11 is 0. The van der Waals surface area contributed by atoms with Gasteiger partial charge in [-0.25, -0.2) is 9.13 Å². The van der Waals surface area contributed by atoms with Gasteiger partial charge in [0, 0.05) is 25.7 Å². The lowest BCUT2D eigenvalue weighted by Crippen LogP contribution is -2.30. The predicted molar refractivity (Wildman–Crippen MR) is 372 cm³/mol. The Morgan fingerprint density at radius 2 is 0.435 bits per heavy atom. The molecule has 19 heteroatoms. The third-order valence-electron chi connectivity index (χ3n) is 17.1. The standard InChI is InChI=1S/C73H142O17P2/c1-5-9-13-17-20-23-25-27-29-31-33-35-37-39-41-43-45-48-52-56-60-73(78)90-69(64-84-71(76)58-54-50-47-44-42-40-38-36-34-32-30-28-26-24-21-18-14-10-6-2)66-88-92(81,82)86-62-67(74)61-85-91(79,80)87-65-68(63-83-70(75)57-53-49-16-12-8-4)89-72(77)59-55-51-46-22-19-15-11-7-3/h67-69,74H,5-66H2,1-4H3,(H,79,80)(H,81,82)/t67-,68+,69+/m0/s1. The van der Waals surface area contributed by atoms with Crippen LogP contribution in [0.4, 0.5) is 0 Å². The first-order chi connectivity index (χ1) is 44.7. The molecule has 0 rings (SSSR count). The molecule has 0 saturated heterocycles. The van der Waals surface area contributed by atoms with Gasteiger partial charge in [-0.05, 0) is 25.7 Å². The molecule has 0 aromatic rings. The molecule has 0 aliphatic heterocycles. The fourth-order valence-corrected chi connectivity index (χ4v) is 12.8. The van der Waals surface area contributed by atoms with E-state index in [0.29, 0.717) is 25.7 Å². The summed E-state index contributed by atoms with van der Waals surface area (Å²) in [5, 5.41) is 10.6. The summed E-state index contributed by atoms with van der Waals surface area (Å²) in [6.45, 7) is 4.84. The van der Waals surface area contributed by atoms with Crippen molar-refractivity contribution in [3.8, 4) is 0 Å². The molecular weight excluding hydrogens is 1210 g/mol. The summed E-state index contributed by atoms with van der Waals surface area (Å²) in [7, 11) is -9.89. The lowest BCUT2D eigenvalue weighted by atomic mass is 10.0. The van der Waals surface area contributed by atoms with Crippen LogP contribution in [0.5, 0.6) is 0 Å². The normalized spacial score (nSPS) is 13.9. The second-order valence-electron chi connectivity index (χ2n) is 26.3. The van der Waals surface area contributed by atoms with Crippen LogP contribution in [0.25, 0.3) is 0 Å². The van der Waals surface area contributed by atoms with Gasteiger partial charge in [0.25, 0.3) is 0 Å². The number of phosphoric ester groups is 2. The van der Waals surface area contributed by atoms with Crippen molar-refractivity contribution in [1.82, 2.24) is 0 Å². The summed E-state index contributed by atoms with van der Waals surface area (Å²) in [4.78, 5) is 72.2. The van der Waals surface area contributed by atoms with Gasteiger partial charge in [0.1, 0.15) is 19.3 Å². The molecule has 0 heterocycles. The highest BCUT2D eigenvalue weighted by molar-refractivity contribution is 7.47. The third kappa shape index (κ3) is 66.7. The van der Waals surface area contributed by atoms with Crippen molar-refractivity contribution in [3.05, 3.63) is 0 Å². The quantitative estimate of drug-likeness (QED) is 0.0222. The fraction of sp³-hybridized carbons (Fsp3) is 0.945. The Hall–Kier alpha value is -1.94. The Bertz CT molecular complexity index is 1760. The molecule has 0 bridgehead atoms. The molecule has 17 nitrogen and oxygen atoms in total. The zero-order valence-electron chi connectivity index (χ0n) is 59.5. The number of esters is 4. The Kier molecular flexibility index (Phi) is 66.2. The van der Waals surface area contributed by atoms with Crippen molar-refractivity contribution in [2.45, 2.75) is 406 Å². The SMILES string of the molecule is CCCCCCCCCCCCCCCCCCCCCCC(=O)O[C@H](COC(=O)CCCCCCCCCCCCCCCCCCCCC)COP(=O)(O)OC[C@@H](O)COP(=O)(O)OC[C@@H](COC(=O)CCCCCCC)OC(=O)CCCCCCCCCC. The van der Waals surface area contributed by atoms with Gasteiger partial charge in [0.2, 0.25) is 0 Å². The Morgan fingerprint density at radius 3 is 0.641 bits per heavy atom. The Morgan fingerprint density at radius 1 is 0.261 bits per heavy atom. The molecular formula is C73H142O17P2. The highest BCUT2D eigenvalue weighted by Gasteiger charge is 2.30. The monoisotopic (exact) mass is 1350 g/mol. The highest BCUT2D eigenvalue weighted by Crippen LogP contribution is 2.45. The maximum absolute atomic E-state index is 13.1. The van der Waals surface area contributed by atoms with Crippen LogP contribution in [0.15, 0.2) is 0 Å². The minimum atomic E-state index is -4.95. The van der Waals surface area contributed by atoms with Gasteiger partial charge < -0.3 is 33.8 Å². The number of hydrogen-bond acceptors (Lipinski definition) is 15. The minimum Gasteiger partial charge on any atom is -0.462 e. The minimum absolute atomic E-state index is 0.105. The van der Waals surface area contributed by atoms with Crippen LogP contribution in [0.2, 0.25) is 0 Å². The van der Waals surface area contributed by atoms with Gasteiger partial charge in [-0.2, -0.15) is 0 Å². The fourth-order valence-electron chi connectivity index (χ4n) is 11.2. The summed E-state index contributed by atoms with van der Waals surface area (Å²) in [5.41, 5.74) is 0. The Labute approximate surface area is 562 Å². The maximum Gasteiger partial charge on any atom is 0.472 e. The molecule has 0 amide bonds. The summed E-state index contributed by atoms with van der Waals surface area (Å²) < 4.78 is 68.1. The van der Waals surface area contributed by atoms with Crippen LogP contribution in [-0.2, 0) is 65.4 Å². The number of rotatable bonds is 74. The van der Waals surface area contributed by atoms with Crippen LogP contribution in [0.1, 0.15) is 387 Å². The van der Waals surface area contributed by atoms with Crippen LogP contribution in [0.3, 0.4) is 0 Å². The zero-order chi connectivity index (χ0) is 67.5. The number of ether oxygens (including phenoxy) is 4. The average molecular weight is 1350 g/mol. The molecule has 2 unspecified atom stereocenters. The van der Waals surface area contributed by atoms with Crippen molar-refractivity contribution in [3.63, 3.8) is 0 Å². The Balaban J connectivity index is 5.08. The van der Waals surface area contributed by atoms with Crippen LogP contribution >= 0.6 is 15.6 Å². The second-order valence-corrected chi connectivity index (χ2v) is 29.2. The first-order valence-electron chi connectivity index (χ1n) is 38.3. The van der Waals surface area contributed by atoms with E-state index in [-0.39, 0.29) is 25.7 Å². The van der Waals surface area contributed by atoms with Crippen molar-refractivity contribution in [2.24, 2.45) is 0 Å². The topological polar surface area (TPSA) is 237 Å². The number of phosphoric acid groups is 2. The lowest BCUT2D eigenvalue weighted by Gasteiger charge is -2.21. The number of unbranched alkanes of at least 4 members (excludes halogenated alkanes) is 48. The molecule has 0 spiro atoms. The number of hydrogen-bond donors (Lipinski definition) is 3. The molecule has 0 saturated carbocycles. The molecule has 5 atom stereocenters. The summed E-state index contributed by atoms with van der Waals surface area (Å²) in [5.74, 6) is -2.13. The van der Waals surface area contributed by atoms with Crippen molar-refractivity contribution in [2.75, 3.05) is 39.6 Å². The van der Waals surface area contributed by atoms with E-state index >= 15 is 0 Å². The third-order valence-corrected chi connectivity index (χ3v) is 19.0. The first kappa shape index (κ1) is 90.1. The molecule has 0 aromatic carbocycles. The summed E-state index contributed by atoms with van der Waals surface area (Å²) in [6.07, 6.45) is 57.6. The van der Waals surface area contributed by atoms with E-state index in [0.717, 1.165) is 103 Å². The molecule has 3 N–H and O–H groups in total. The smallest absolute Gasteiger partial charge is 0.462 e. The van der Waals surface area contributed by atoms with Gasteiger partial charge >= 0.3 is 39.5 Å². The van der Waals surface area contributed by atoms with E-state index in [1.54, 1.807) is 0 Å². The maximum atomic E-state index is 13.1. The van der Waals surface area contributed by atoms with Crippen molar-refractivity contribution < 1.29 is 80.2 Å². The molecule has 92 heavy (non-hydrogen) atoms. The van der Waals surface area contributed by atoms with Gasteiger partial charge in [0.05, 0.1) is 26.4 Å². The number of carbonyl (C=O) groups is 4. The van der Waals surface area contributed by atoms with Crippen molar-refractivity contribution >= 4 is 39.5 Å². The van der Waals surface area contributed by atoms with Crippen molar-refractivity contribution in [1.29, 1.82) is 0 Å². The molecule has 0 fully saturated rings. The van der Waals surface area contributed by atoms with Gasteiger partial charge in [-0.3, -0.25) is 37.3 Å². The van der Waals surface area contributed by atoms with Gasteiger partial charge in [-0.15, -0.1) is 0 Å². The summed E-state index contributed by atoms with van der Waals surface area (Å²) in [6, 6.07) is 0. The average Bonchev–Trinajstić information content (AvgIpc) is 1.62. The molecule has 0 aliphatic carbocycles. The van der Waals surface area contributed by atoms with Crippen LogP contribution in [-0.4, -0.2) is 96.7 Å². The van der Waals surface area contributed by atoms with E-state index < -0.39 is 97.5 Å².